The van der Waals surface area contributed by atoms with E-state index in [9.17, 15) is 0 Å². The zero-order valence-corrected chi connectivity index (χ0v) is 6.32. The van der Waals surface area contributed by atoms with Gasteiger partial charge in [-0.3, -0.25) is 0 Å². The van der Waals surface area contributed by atoms with Crippen LogP contribution in [0.2, 0.25) is 0 Å². The van der Waals surface area contributed by atoms with Gasteiger partial charge in [0.25, 0.3) is 0 Å². The molecule has 1 radical (unpaired) electrons. The van der Waals surface area contributed by atoms with Crippen LogP contribution >= 0.6 is 11.8 Å². The topological polar surface area (TPSA) is 4.93 Å². The van der Waals surface area contributed by atoms with E-state index in [0.29, 0.717) is 0 Å². The minimum Gasteiger partial charge on any atom is -0.356 e. The lowest BCUT2D eigenvalue weighted by molar-refractivity contribution is 0.920. The van der Waals surface area contributed by atoms with E-state index in [1.165, 1.54) is 4.90 Å². The minimum atomic E-state index is 0.907. The lowest BCUT2D eigenvalue weighted by Gasteiger charge is -1.88. The molecule has 0 unspecified atom stereocenters. The number of hydrogen-bond acceptors (Lipinski definition) is 1. The van der Waals surface area contributed by atoms with E-state index < -0.39 is 0 Å². The molecule has 1 heterocycles. The van der Waals surface area contributed by atoms with Crippen LogP contribution in [0.15, 0.2) is 23.4 Å². The molecule has 0 aromatic carbocycles. The highest BCUT2D eigenvalue weighted by atomic mass is 32.2. The van der Waals surface area contributed by atoms with Crippen molar-refractivity contribution in [2.45, 2.75) is 4.90 Å². The monoisotopic (exact) mass is 140 g/mol. The average Bonchev–Trinajstić information content (AvgIpc) is 2.17. The number of aryl methyl sites for hydroxylation is 1. The van der Waals surface area contributed by atoms with Gasteiger partial charge in [-0.25, -0.2) is 0 Å². The summed E-state index contributed by atoms with van der Waals surface area (Å²) in [5, 5.41) is 0. The van der Waals surface area contributed by atoms with Gasteiger partial charge < -0.3 is 4.57 Å². The van der Waals surface area contributed by atoms with Gasteiger partial charge in [0, 0.05) is 24.3 Å². The van der Waals surface area contributed by atoms with Gasteiger partial charge in [0.2, 0.25) is 0 Å². The normalized spacial score (nSPS) is 10.0. The van der Waals surface area contributed by atoms with Crippen molar-refractivity contribution in [2.24, 2.45) is 7.05 Å². The number of hydrogen-bond donors (Lipinski definition) is 0. The van der Waals surface area contributed by atoms with Gasteiger partial charge in [-0.15, -0.1) is 11.8 Å². The fraction of sp³-hybridized carbons (Fsp3) is 0.286. The highest BCUT2D eigenvalue weighted by Gasteiger charge is 1.90. The van der Waals surface area contributed by atoms with E-state index in [1.54, 1.807) is 11.8 Å². The second kappa shape index (κ2) is 2.97. The molecule has 0 spiro atoms. The third-order valence-corrected chi connectivity index (χ3v) is 1.85. The maximum Gasteiger partial charge on any atom is 0.0249 e. The standard InChI is InChI=1S/C7H10NS/c1-3-9-7-4-5-8(2)6-7/h4-6H,1,3H2,2H3. The van der Waals surface area contributed by atoms with Crippen molar-refractivity contribution in [3.63, 3.8) is 0 Å². The van der Waals surface area contributed by atoms with Crippen molar-refractivity contribution in [2.75, 3.05) is 5.75 Å². The van der Waals surface area contributed by atoms with Crippen molar-refractivity contribution in [1.82, 2.24) is 4.57 Å². The summed E-state index contributed by atoms with van der Waals surface area (Å²) < 4.78 is 2.04. The average molecular weight is 140 g/mol. The fourth-order valence-electron chi connectivity index (χ4n) is 0.681. The van der Waals surface area contributed by atoms with Crippen LogP contribution in [0.25, 0.3) is 0 Å². The number of rotatable bonds is 2. The second-order valence-corrected chi connectivity index (χ2v) is 3.03. The summed E-state index contributed by atoms with van der Waals surface area (Å²) in [5.41, 5.74) is 0. The molecule has 0 saturated carbocycles. The highest BCUT2D eigenvalue weighted by molar-refractivity contribution is 7.99. The predicted molar refractivity (Wildman–Crippen MR) is 41.5 cm³/mol. The third kappa shape index (κ3) is 1.79. The Bertz CT molecular complexity index is 181. The molecule has 49 valence electrons. The summed E-state index contributed by atoms with van der Waals surface area (Å²) in [4.78, 5) is 1.30. The molecule has 0 atom stereocenters. The molecule has 0 aliphatic rings. The molecule has 0 aliphatic heterocycles. The van der Waals surface area contributed by atoms with Crippen molar-refractivity contribution >= 4 is 11.8 Å². The first-order valence-corrected chi connectivity index (χ1v) is 3.85. The number of thioether (sulfide) groups is 1. The highest BCUT2D eigenvalue weighted by Crippen LogP contribution is 2.15. The van der Waals surface area contributed by atoms with Gasteiger partial charge in [-0.2, -0.15) is 0 Å². The summed E-state index contributed by atoms with van der Waals surface area (Å²) in [6.45, 7) is 3.74. The van der Waals surface area contributed by atoms with E-state index in [-0.39, 0.29) is 0 Å². The summed E-state index contributed by atoms with van der Waals surface area (Å²) >= 11 is 1.76. The molecule has 1 aromatic heterocycles. The van der Waals surface area contributed by atoms with E-state index >= 15 is 0 Å². The zero-order valence-electron chi connectivity index (χ0n) is 5.50. The van der Waals surface area contributed by atoms with Crippen LogP contribution in [0.1, 0.15) is 0 Å². The van der Waals surface area contributed by atoms with E-state index in [2.05, 4.69) is 19.2 Å². The smallest absolute Gasteiger partial charge is 0.0249 e. The van der Waals surface area contributed by atoms with Crippen molar-refractivity contribution in [3.8, 4) is 0 Å². The molecular formula is C7H10NS. The van der Waals surface area contributed by atoms with Gasteiger partial charge in [0.05, 0.1) is 0 Å². The van der Waals surface area contributed by atoms with Gasteiger partial charge >= 0.3 is 0 Å². The number of aromatic nitrogens is 1. The summed E-state index contributed by atoms with van der Waals surface area (Å²) in [5.74, 6) is 0.907. The van der Waals surface area contributed by atoms with Crippen LogP contribution in [-0.2, 0) is 7.05 Å². The molecule has 1 aromatic rings. The second-order valence-electron chi connectivity index (χ2n) is 1.86. The molecule has 0 amide bonds. The molecule has 9 heavy (non-hydrogen) atoms. The summed E-state index contributed by atoms with van der Waals surface area (Å²) in [6, 6.07) is 2.09. The third-order valence-electron chi connectivity index (χ3n) is 1.07. The molecule has 2 heteroatoms. The first-order chi connectivity index (χ1) is 4.33. The van der Waals surface area contributed by atoms with Crippen LogP contribution < -0.4 is 0 Å². The molecule has 0 aliphatic carbocycles. The Hall–Kier alpha value is -0.370. The maximum absolute atomic E-state index is 3.74. The molecular weight excluding hydrogens is 130 g/mol. The summed E-state index contributed by atoms with van der Waals surface area (Å²) in [6.07, 6.45) is 4.13. The molecule has 0 N–H and O–H groups in total. The largest absolute Gasteiger partial charge is 0.356 e. The number of nitrogens with zero attached hydrogens (tertiary/aromatic N) is 1. The Balaban J connectivity index is 2.61. The lowest BCUT2D eigenvalue weighted by atomic mass is 10.7. The minimum absolute atomic E-state index is 0.907. The fourth-order valence-corrected chi connectivity index (χ4v) is 1.31. The van der Waals surface area contributed by atoms with Crippen molar-refractivity contribution in [1.29, 1.82) is 0 Å². The lowest BCUT2D eigenvalue weighted by Crippen LogP contribution is -1.77. The van der Waals surface area contributed by atoms with Gasteiger partial charge in [-0.1, -0.05) is 0 Å². The Morgan fingerprint density at radius 2 is 2.56 bits per heavy atom. The van der Waals surface area contributed by atoms with Crippen LogP contribution in [0.4, 0.5) is 0 Å². The van der Waals surface area contributed by atoms with E-state index in [0.717, 1.165) is 5.75 Å². The SMILES string of the molecule is [CH2]CSc1ccn(C)c1. The Kier molecular flexibility index (Phi) is 2.22. The van der Waals surface area contributed by atoms with Crippen molar-refractivity contribution < 1.29 is 0 Å². The Morgan fingerprint density at radius 1 is 1.78 bits per heavy atom. The molecule has 0 bridgehead atoms. The summed E-state index contributed by atoms with van der Waals surface area (Å²) in [7, 11) is 2.02. The predicted octanol–water partition coefficient (Wildman–Crippen LogP) is 1.95. The first kappa shape index (κ1) is 6.75. The first-order valence-electron chi connectivity index (χ1n) is 2.87. The van der Waals surface area contributed by atoms with Crippen LogP contribution in [0.3, 0.4) is 0 Å². The van der Waals surface area contributed by atoms with Crippen LogP contribution in [0.5, 0.6) is 0 Å². The van der Waals surface area contributed by atoms with E-state index in [1.807, 2.05) is 17.8 Å². The molecule has 1 rings (SSSR count). The maximum atomic E-state index is 3.74. The molecule has 0 fully saturated rings. The van der Waals surface area contributed by atoms with Gasteiger partial charge in [0.15, 0.2) is 0 Å². The van der Waals surface area contributed by atoms with Gasteiger partial charge in [0.1, 0.15) is 0 Å². The van der Waals surface area contributed by atoms with E-state index in [4.69, 9.17) is 0 Å². The quantitative estimate of drug-likeness (QED) is 0.568. The molecule has 0 saturated heterocycles. The zero-order chi connectivity index (χ0) is 6.69. The molecule has 1 nitrogen and oxygen atoms in total. The van der Waals surface area contributed by atoms with Crippen LogP contribution in [-0.4, -0.2) is 10.3 Å². The van der Waals surface area contributed by atoms with Crippen LogP contribution in [0, 0.1) is 6.92 Å². The van der Waals surface area contributed by atoms with Crippen molar-refractivity contribution in [3.05, 3.63) is 25.4 Å². The Morgan fingerprint density at radius 3 is 3.00 bits per heavy atom. The Labute approximate surface area is 60.1 Å². The van der Waals surface area contributed by atoms with Gasteiger partial charge in [-0.05, 0) is 18.7 Å².